The number of nitrogens with one attached hydrogen (secondary N) is 1. The topological polar surface area (TPSA) is 55.1 Å². The van der Waals surface area contributed by atoms with E-state index >= 15 is 0 Å². The van der Waals surface area contributed by atoms with E-state index in [1.54, 1.807) is 6.07 Å². The minimum atomic E-state index is -0.453. The summed E-state index contributed by atoms with van der Waals surface area (Å²) in [7, 11) is 0. The van der Waals surface area contributed by atoms with Crippen LogP contribution in [0.5, 0.6) is 0 Å². The van der Waals surface area contributed by atoms with Gasteiger partial charge in [-0.05, 0) is 18.2 Å². The zero-order chi connectivity index (χ0) is 11.3. The molecule has 0 aliphatic carbocycles. The molecule has 0 aliphatic rings. The Morgan fingerprint density at radius 2 is 2.33 bits per heavy atom. The first-order chi connectivity index (χ1) is 7.09. The minimum Gasteiger partial charge on any atom is -0.399 e. The van der Waals surface area contributed by atoms with Gasteiger partial charge >= 0.3 is 0 Å². The van der Waals surface area contributed by atoms with Crippen LogP contribution >= 0.6 is 0 Å². The Balaban J connectivity index is 2.67. The van der Waals surface area contributed by atoms with Gasteiger partial charge in [0.2, 0.25) is 5.91 Å². The van der Waals surface area contributed by atoms with Gasteiger partial charge in [-0.2, -0.15) is 0 Å². The van der Waals surface area contributed by atoms with Crippen LogP contribution in [-0.4, -0.2) is 12.5 Å². The van der Waals surface area contributed by atoms with Crippen molar-refractivity contribution in [2.45, 2.75) is 6.92 Å². The zero-order valence-electron chi connectivity index (χ0n) is 8.30. The molecular formula is C11H11FN2O. The van der Waals surface area contributed by atoms with E-state index in [0.29, 0.717) is 5.69 Å². The van der Waals surface area contributed by atoms with Gasteiger partial charge in [0, 0.05) is 12.6 Å². The molecule has 0 unspecified atom stereocenters. The van der Waals surface area contributed by atoms with Crippen LogP contribution in [-0.2, 0) is 4.79 Å². The van der Waals surface area contributed by atoms with Crippen LogP contribution in [0.3, 0.4) is 0 Å². The second-order valence-corrected chi connectivity index (χ2v) is 2.95. The molecule has 3 nitrogen and oxygen atoms in total. The first-order valence-corrected chi connectivity index (χ1v) is 4.38. The van der Waals surface area contributed by atoms with Crippen molar-refractivity contribution in [3.05, 3.63) is 29.6 Å². The Kier molecular flexibility index (Phi) is 3.69. The van der Waals surface area contributed by atoms with Gasteiger partial charge in [0.25, 0.3) is 0 Å². The van der Waals surface area contributed by atoms with Crippen LogP contribution in [0, 0.1) is 17.7 Å². The fourth-order valence-electron chi connectivity index (χ4n) is 0.941. The van der Waals surface area contributed by atoms with Crippen LogP contribution in [0.25, 0.3) is 0 Å². The second-order valence-electron chi connectivity index (χ2n) is 2.95. The summed E-state index contributed by atoms with van der Waals surface area (Å²) in [6.45, 7) is 1.60. The Bertz CT molecular complexity index is 432. The average molecular weight is 206 g/mol. The average Bonchev–Trinajstić information content (AvgIpc) is 2.14. The third-order valence-corrected chi connectivity index (χ3v) is 1.64. The number of carbonyl (C=O) groups excluding carboxylic acids is 1. The number of halogens is 1. The van der Waals surface area contributed by atoms with Crippen LogP contribution in [0.2, 0.25) is 0 Å². The lowest BCUT2D eigenvalue weighted by atomic mass is 10.2. The summed E-state index contributed by atoms with van der Waals surface area (Å²) >= 11 is 0. The quantitative estimate of drug-likeness (QED) is 0.529. The third kappa shape index (κ3) is 3.69. The highest BCUT2D eigenvalue weighted by Crippen LogP contribution is 2.09. The van der Waals surface area contributed by atoms with E-state index in [9.17, 15) is 9.18 Å². The highest BCUT2D eigenvalue weighted by molar-refractivity contribution is 5.73. The van der Waals surface area contributed by atoms with Crippen LogP contribution < -0.4 is 11.1 Å². The number of nitrogen functional groups attached to an aromatic ring is 1. The highest BCUT2D eigenvalue weighted by atomic mass is 19.1. The first kappa shape index (κ1) is 11.1. The lowest BCUT2D eigenvalue weighted by Crippen LogP contribution is -2.19. The molecule has 1 aromatic rings. The van der Waals surface area contributed by atoms with Crippen LogP contribution in [0.1, 0.15) is 12.5 Å². The van der Waals surface area contributed by atoms with E-state index in [1.165, 1.54) is 19.1 Å². The van der Waals surface area contributed by atoms with Crippen molar-refractivity contribution in [3.63, 3.8) is 0 Å². The Morgan fingerprint density at radius 1 is 1.60 bits per heavy atom. The van der Waals surface area contributed by atoms with Crippen molar-refractivity contribution in [2.24, 2.45) is 0 Å². The normalized spacial score (nSPS) is 8.93. The largest absolute Gasteiger partial charge is 0.399 e. The molecule has 0 atom stereocenters. The number of anilines is 1. The van der Waals surface area contributed by atoms with Gasteiger partial charge in [0.15, 0.2) is 0 Å². The van der Waals surface area contributed by atoms with Crippen molar-refractivity contribution >= 4 is 11.6 Å². The summed E-state index contributed by atoms with van der Waals surface area (Å²) in [4.78, 5) is 10.5. The lowest BCUT2D eigenvalue weighted by Gasteiger charge is -1.96. The second kappa shape index (κ2) is 5.01. The highest BCUT2D eigenvalue weighted by Gasteiger charge is 1.97. The monoisotopic (exact) mass is 206 g/mol. The van der Waals surface area contributed by atoms with Crippen molar-refractivity contribution < 1.29 is 9.18 Å². The number of rotatable bonds is 1. The number of benzene rings is 1. The molecule has 78 valence electrons. The molecule has 0 aliphatic heterocycles. The van der Waals surface area contributed by atoms with Gasteiger partial charge in [-0.25, -0.2) is 4.39 Å². The molecular weight excluding hydrogens is 195 g/mol. The van der Waals surface area contributed by atoms with Gasteiger partial charge < -0.3 is 11.1 Å². The van der Waals surface area contributed by atoms with E-state index in [4.69, 9.17) is 5.73 Å². The molecule has 15 heavy (non-hydrogen) atoms. The standard InChI is InChI=1S/C11H11FN2O/c1-8(15)14-6-2-3-9-4-5-10(13)7-11(9)12/h4-5,7H,6,13H2,1H3,(H,14,15). The number of nitrogens with two attached hydrogens (primary N) is 1. The number of carbonyl (C=O) groups is 1. The van der Waals surface area contributed by atoms with E-state index in [1.807, 2.05) is 0 Å². The third-order valence-electron chi connectivity index (χ3n) is 1.64. The van der Waals surface area contributed by atoms with E-state index in [0.717, 1.165) is 0 Å². The molecule has 3 N–H and O–H groups in total. The minimum absolute atomic E-state index is 0.165. The summed E-state index contributed by atoms with van der Waals surface area (Å²) < 4.78 is 13.2. The maximum atomic E-state index is 13.2. The number of hydrogen-bond acceptors (Lipinski definition) is 2. The van der Waals surface area contributed by atoms with Crippen LogP contribution in [0.4, 0.5) is 10.1 Å². The van der Waals surface area contributed by atoms with Gasteiger partial charge in [0.1, 0.15) is 5.82 Å². The fraction of sp³-hybridized carbons (Fsp3) is 0.182. The molecule has 4 heteroatoms. The van der Waals surface area contributed by atoms with Crippen molar-refractivity contribution in [1.82, 2.24) is 5.32 Å². The van der Waals surface area contributed by atoms with E-state index in [-0.39, 0.29) is 18.0 Å². The van der Waals surface area contributed by atoms with Gasteiger partial charge in [0.05, 0.1) is 12.1 Å². The van der Waals surface area contributed by atoms with Gasteiger partial charge in [-0.1, -0.05) is 11.8 Å². The molecule has 0 spiro atoms. The van der Waals surface area contributed by atoms with E-state index < -0.39 is 5.82 Å². The summed E-state index contributed by atoms with van der Waals surface area (Å²) in [5, 5.41) is 2.49. The summed E-state index contributed by atoms with van der Waals surface area (Å²) in [5.41, 5.74) is 6.01. The summed E-state index contributed by atoms with van der Waals surface area (Å²) in [5.74, 6) is 4.61. The number of amides is 1. The van der Waals surface area contributed by atoms with Crippen molar-refractivity contribution in [2.75, 3.05) is 12.3 Å². The predicted octanol–water partition coefficient (Wildman–Crippen LogP) is 0.896. The Labute approximate surface area is 87.5 Å². The number of hydrogen-bond donors (Lipinski definition) is 2. The molecule has 1 rings (SSSR count). The molecule has 0 heterocycles. The van der Waals surface area contributed by atoms with Crippen molar-refractivity contribution in [3.8, 4) is 11.8 Å². The summed E-state index contributed by atoms with van der Waals surface area (Å²) in [6.07, 6.45) is 0. The van der Waals surface area contributed by atoms with Gasteiger partial charge in [-0.3, -0.25) is 4.79 Å². The molecule has 0 aromatic heterocycles. The van der Waals surface area contributed by atoms with E-state index in [2.05, 4.69) is 17.2 Å². The van der Waals surface area contributed by atoms with Crippen molar-refractivity contribution in [1.29, 1.82) is 0 Å². The molecule has 0 radical (unpaired) electrons. The Morgan fingerprint density at radius 3 is 2.93 bits per heavy atom. The smallest absolute Gasteiger partial charge is 0.217 e. The SMILES string of the molecule is CC(=O)NCC#Cc1ccc(N)cc1F. The maximum Gasteiger partial charge on any atom is 0.217 e. The first-order valence-electron chi connectivity index (χ1n) is 4.38. The van der Waals surface area contributed by atoms with Crippen LogP contribution in [0.15, 0.2) is 18.2 Å². The Hall–Kier alpha value is -2.02. The van der Waals surface area contributed by atoms with Gasteiger partial charge in [-0.15, -0.1) is 0 Å². The summed E-state index contributed by atoms with van der Waals surface area (Å²) in [6, 6.07) is 4.29. The predicted molar refractivity (Wildman–Crippen MR) is 56.4 cm³/mol. The molecule has 1 amide bonds. The molecule has 0 fully saturated rings. The molecule has 0 saturated heterocycles. The fourth-order valence-corrected chi connectivity index (χ4v) is 0.941. The molecule has 0 bridgehead atoms. The molecule has 1 aromatic carbocycles. The lowest BCUT2D eigenvalue weighted by molar-refractivity contribution is -0.118. The zero-order valence-corrected chi connectivity index (χ0v) is 8.30. The maximum absolute atomic E-state index is 13.2. The molecule has 0 saturated carbocycles.